The van der Waals surface area contributed by atoms with Crippen LogP contribution in [0.25, 0.3) is 5.65 Å². The van der Waals surface area contributed by atoms with Crippen molar-refractivity contribution in [2.75, 3.05) is 5.32 Å². The van der Waals surface area contributed by atoms with E-state index in [0.29, 0.717) is 23.0 Å². The van der Waals surface area contributed by atoms with Crippen molar-refractivity contribution >= 4 is 17.5 Å². The standard InChI is InChI=1S/C17H17FN6O/c1-9(2)11-3-4-14-12(11)5-13(15-23-21-8-24(14)15)16(25)22-17-19-6-10(18)7-20-17/h5-9,11H,3-4H2,1-2H3,(H,19,20,22,25). The second-order valence-corrected chi connectivity index (χ2v) is 6.55. The van der Waals surface area contributed by atoms with Gasteiger partial charge in [-0.3, -0.25) is 14.5 Å². The highest BCUT2D eigenvalue weighted by Gasteiger charge is 2.30. The van der Waals surface area contributed by atoms with Gasteiger partial charge in [0.05, 0.1) is 18.0 Å². The average Bonchev–Trinajstić information content (AvgIpc) is 3.21. The molecule has 1 amide bonds. The number of pyridine rings is 1. The van der Waals surface area contributed by atoms with Crippen molar-refractivity contribution in [3.05, 3.63) is 47.4 Å². The molecule has 0 spiro atoms. The van der Waals surface area contributed by atoms with E-state index in [1.54, 1.807) is 6.33 Å². The molecule has 0 fully saturated rings. The zero-order valence-corrected chi connectivity index (χ0v) is 13.9. The number of amides is 1. The van der Waals surface area contributed by atoms with E-state index in [-0.39, 0.29) is 11.9 Å². The van der Waals surface area contributed by atoms with Crippen molar-refractivity contribution in [3.63, 3.8) is 0 Å². The van der Waals surface area contributed by atoms with Crippen LogP contribution < -0.4 is 5.32 Å². The first-order valence-corrected chi connectivity index (χ1v) is 8.19. The van der Waals surface area contributed by atoms with Crippen molar-refractivity contribution < 1.29 is 9.18 Å². The number of fused-ring (bicyclic) bond motifs is 3. The van der Waals surface area contributed by atoms with Crippen LogP contribution in [0.4, 0.5) is 10.3 Å². The van der Waals surface area contributed by atoms with Crippen LogP contribution in [0.1, 0.15) is 47.8 Å². The summed E-state index contributed by atoms with van der Waals surface area (Å²) in [6, 6.07) is 1.90. The Balaban J connectivity index is 1.76. The lowest BCUT2D eigenvalue weighted by atomic mass is 9.90. The third kappa shape index (κ3) is 2.63. The van der Waals surface area contributed by atoms with Crippen LogP contribution in [0, 0.1) is 11.7 Å². The fraction of sp³-hybridized carbons (Fsp3) is 0.353. The highest BCUT2D eigenvalue weighted by Crippen LogP contribution is 2.39. The maximum absolute atomic E-state index is 12.9. The smallest absolute Gasteiger partial charge is 0.261 e. The summed E-state index contributed by atoms with van der Waals surface area (Å²) in [4.78, 5) is 20.3. The van der Waals surface area contributed by atoms with Gasteiger partial charge in [0.25, 0.3) is 5.91 Å². The molecule has 0 saturated heterocycles. The molecule has 1 N–H and O–H groups in total. The Morgan fingerprint density at radius 1 is 1.36 bits per heavy atom. The average molecular weight is 340 g/mol. The molecule has 1 atom stereocenters. The summed E-state index contributed by atoms with van der Waals surface area (Å²) in [6.45, 7) is 4.37. The topological polar surface area (TPSA) is 85.1 Å². The summed E-state index contributed by atoms with van der Waals surface area (Å²) in [7, 11) is 0. The number of aromatic nitrogens is 5. The minimum absolute atomic E-state index is 0.0463. The second-order valence-electron chi connectivity index (χ2n) is 6.55. The Morgan fingerprint density at radius 3 is 2.84 bits per heavy atom. The van der Waals surface area contributed by atoms with Gasteiger partial charge in [-0.1, -0.05) is 13.8 Å². The van der Waals surface area contributed by atoms with Crippen LogP contribution in [0.2, 0.25) is 0 Å². The van der Waals surface area contributed by atoms with Gasteiger partial charge < -0.3 is 0 Å². The lowest BCUT2D eigenvalue weighted by Crippen LogP contribution is -2.17. The molecule has 1 aliphatic rings. The summed E-state index contributed by atoms with van der Waals surface area (Å²) in [5, 5.41) is 10.7. The minimum Gasteiger partial charge on any atom is -0.290 e. The number of nitrogens with zero attached hydrogens (tertiary/aromatic N) is 5. The molecule has 0 radical (unpaired) electrons. The van der Waals surface area contributed by atoms with Crippen molar-refractivity contribution in [3.8, 4) is 0 Å². The largest absolute Gasteiger partial charge is 0.290 e. The Labute approximate surface area is 143 Å². The molecule has 25 heavy (non-hydrogen) atoms. The second kappa shape index (κ2) is 5.87. The van der Waals surface area contributed by atoms with Gasteiger partial charge in [0, 0.05) is 5.69 Å². The van der Waals surface area contributed by atoms with E-state index in [9.17, 15) is 9.18 Å². The third-order valence-electron chi connectivity index (χ3n) is 4.70. The van der Waals surface area contributed by atoms with E-state index in [0.717, 1.165) is 36.5 Å². The van der Waals surface area contributed by atoms with E-state index in [1.165, 1.54) is 0 Å². The summed E-state index contributed by atoms with van der Waals surface area (Å²) < 4.78 is 14.8. The SMILES string of the molecule is CC(C)C1CCc2c1cc(C(=O)Nc1ncc(F)cn1)c1nncn21. The Hall–Kier alpha value is -2.90. The number of aryl methyl sites for hydroxylation is 1. The molecule has 0 aliphatic heterocycles. The summed E-state index contributed by atoms with van der Waals surface area (Å²) in [5.74, 6) is -0.0242. The fourth-order valence-corrected chi connectivity index (χ4v) is 3.50. The van der Waals surface area contributed by atoms with Gasteiger partial charge in [-0.15, -0.1) is 10.2 Å². The first kappa shape index (κ1) is 15.6. The third-order valence-corrected chi connectivity index (χ3v) is 4.70. The van der Waals surface area contributed by atoms with Gasteiger partial charge >= 0.3 is 0 Å². The summed E-state index contributed by atoms with van der Waals surface area (Å²) in [6.07, 6.45) is 5.64. The van der Waals surface area contributed by atoms with Gasteiger partial charge in [0.1, 0.15) is 6.33 Å². The van der Waals surface area contributed by atoms with Crippen LogP contribution in [-0.4, -0.2) is 30.5 Å². The van der Waals surface area contributed by atoms with Gasteiger partial charge in [-0.2, -0.15) is 0 Å². The lowest BCUT2D eigenvalue weighted by molar-refractivity contribution is 0.102. The normalized spacial score (nSPS) is 16.4. The molecule has 0 saturated carbocycles. The highest BCUT2D eigenvalue weighted by atomic mass is 19.1. The van der Waals surface area contributed by atoms with Gasteiger partial charge in [0.2, 0.25) is 5.95 Å². The van der Waals surface area contributed by atoms with E-state index in [2.05, 4.69) is 39.3 Å². The highest BCUT2D eigenvalue weighted by molar-refractivity contribution is 6.07. The molecule has 128 valence electrons. The molecule has 0 aromatic carbocycles. The molecule has 0 bridgehead atoms. The lowest BCUT2D eigenvalue weighted by Gasteiger charge is -2.17. The maximum atomic E-state index is 12.9. The summed E-state index contributed by atoms with van der Waals surface area (Å²) in [5.41, 5.74) is 3.24. The van der Waals surface area contributed by atoms with Crippen LogP contribution in [0.3, 0.4) is 0 Å². The first-order chi connectivity index (χ1) is 12.0. The zero-order valence-electron chi connectivity index (χ0n) is 13.9. The van der Waals surface area contributed by atoms with E-state index in [1.807, 2.05) is 10.5 Å². The molecule has 3 aromatic rings. The molecule has 8 heteroatoms. The van der Waals surface area contributed by atoms with Crippen LogP contribution in [0.15, 0.2) is 24.8 Å². The van der Waals surface area contributed by atoms with Crippen molar-refractivity contribution in [2.24, 2.45) is 5.92 Å². The minimum atomic E-state index is -0.560. The molecule has 4 rings (SSSR count). The molecule has 1 unspecified atom stereocenters. The Bertz CT molecular complexity index is 950. The van der Waals surface area contributed by atoms with Crippen molar-refractivity contribution in [1.29, 1.82) is 0 Å². The Morgan fingerprint density at radius 2 is 2.12 bits per heavy atom. The van der Waals surface area contributed by atoms with Crippen LogP contribution in [-0.2, 0) is 6.42 Å². The fourth-order valence-electron chi connectivity index (χ4n) is 3.50. The number of hydrogen-bond acceptors (Lipinski definition) is 5. The van der Waals surface area contributed by atoms with Gasteiger partial charge in [0.15, 0.2) is 11.5 Å². The van der Waals surface area contributed by atoms with Crippen molar-refractivity contribution in [2.45, 2.75) is 32.6 Å². The first-order valence-electron chi connectivity index (χ1n) is 8.19. The number of rotatable bonds is 3. The number of carbonyl (C=O) groups excluding carboxylic acids is 1. The summed E-state index contributed by atoms with van der Waals surface area (Å²) >= 11 is 0. The number of carbonyl (C=O) groups is 1. The number of nitrogens with one attached hydrogen (secondary N) is 1. The molecule has 7 nitrogen and oxygen atoms in total. The maximum Gasteiger partial charge on any atom is 0.261 e. The molecular formula is C17H17FN6O. The van der Waals surface area contributed by atoms with Crippen LogP contribution >= 0.6 is 0 Å². The van der Waals surface area contributed by atoms with E-state index >= 15 is 0 Å². The number of hydrogen-bond donors (Lipinski definition) is 1. The molecule has 3 heterocycles. The quantitative estimate of drug-likeness (QED) is 0.792. The van der Waals surface area contributed by atoms with Crippen molar-refractivity contribution in [1.82, 2.24) is 24.6 Å². The van der Waals surface area contributed by atoms with Crippen LogP contribution in [0.5, 0.6) is 0 Å². The molecule has 3 aromatic heterocycles. The van der Waals surface area contributed by atoms with E-state index < -0.39 is 5.82 Å². The number of anilines is 1. The Kier molecular flexibility index (Phi) is 3.67. The molecule has 1 aliphatic carbocycles. The predicted molar refractivity (Wildman–Crippen MR) is 88.8 cm³/mol. The predicted octanol–water partition coefficient (Wildman–Crippen LogP) is 2.60. The van der Waals surface area contributed by atoms with E-state index in [4.69, 9.17) is 0 Å². The number of halogens is 1. The molecular weight excluding hydrogens is 323 g/mol. The van der Waals surface area contributed by atoms with Gasteiger partial charge in [-0.25, -0.2) is 14.4 Å². The monoisotopic (exact) mass is 340 g/mol. The van der Waals surface area contributed by atoms with Gasteiger partial charge in [-0.05, 0) is 36.3 Å². The zero-order chi connectivity index (χ0) is 17.6.